The molecule has 1 aromatic rings. The lowest BCUT2D eigenvalue weighted by atomic mass is 9.61. The molecule has 0 radical (unpaired) electrons. The predicted molar refractivity (Wildman–Crippen MR) is 108 cm³/mol. The van der Waals surface area contributed by atoms with E-state index >= 15 is 0 Å². The number of ether oxygens (including phenoxy) is 1. The molecular weight excluding hydrogens is 374 g/mol. The first kappa shape index (κ1) is 20.0. The Bertz CT molecular complexity index is 669. The Morgan fingerprint density at radius 2 is 2.04 bits per heavy atom. The normalized spacial score (nSPS) is 25.3. The Labute approximate surface area is 171 Å². The molecular formula is C22H31NO4S. The van der Waals surface area contributed by atoms with Gasteiger partial charge in [0.05, 0.1) is 0 Å². The molecule has 1 saturated heterocycles. The topological polar surface area (TPSA) is 66.8 Å². The summed E-state index contributed by atoms with van der Waals surface area (Å²) in [5, 5.41) is 13.3. The van der Waals surface area contributed by atoms with Gasteiger partial charge in [-0.1, -0.05) is 18.9 Å². The Morgan fingerprint density at radius 1 is 1.32 bits per heavy atom. The van der Waals surface area contributed by atoms with E-state index in [1.54, 1.807) is 0 Å². The number of aldehydes is 1. The number of likely N-dealkylation sites (tertiary alicyclic amines) is 1. The fourth-order valence-corrected chi connectivity index (χ4v) is 6.32. The maximum Gasteiger partial charge on any atom is 0.344 e. The van der Waals surface area contributed by atoms with Crippen molar-refractivity contribution in [2.45, 2.75) is 69.5 Å². The van der Waals surface area contributed by atoms with Gasteiger partial charge < -0.3 is 19.5 Å². The van der Waals surface area contributed by atoms with Crippen LogP contribution in [0.3, 0.4) is 0 Å². The minimum absolute atomic E-state index is 0.0336. The smallest absolute Gasteiger partial charge is 0.344 e. The number of nitrogens with zero attached hydrogens (tertiary/aromatic N) is 1. The minimum Gasteiger partial charge on any atom is -0.460 e. The van der Waals surface area contributed by atoms with Crippen LogP contribution in [0.15, 0.2) is 17.5 Å². The Balaban J connectivity index is 1.33. The van der Waals surface area contributed by atoms with Gasteiger partial charge in [-0.25, -0.2) is 4.79 Å². The molecule has 2 aliphatic carbocycles. The summed E-state index contributed by atoms with van der Waals surface area (Å²) in [5.74, 6) is -0.473. The summed E-state index contributed by atoms with van der Waals surface area (Å²) in [6.45, 7) is 2.90. The van der Waals surface area contributed by atoms with E-state index in [9.17, 15) is 14.7 Å². The molecule has 0 amide bonds. The number of esters is 1. The van der Waals surface area contributed by atoms with Gasteiger partial charge in [-0.2, -0.15) is 0 Å². The van der Waals surface area contributed by atoms with E-state index in [4.69, 9.17) is 4.74 Å². The molecule has 1 aliphatic heterocycles. The average Bonchev–Trinajstić information content (AvgIpc) is 3.39. The molecule has 5 nitrogen and oxygen atoms in total. The lowest BCUT2D eigenvalue weighted by molar-refractivity contribution is -0.192. The molecule has 2 saturated carbocycles. The summed E-state index contributed by atoms with van der Waals surface area (Å²) in [5.41, 5.74) is -1.19. The second kappa shape index (κ2) is 8.25. The van der Waals surface area contributed by atoms with Gasteiger partial charge in [-0.05, 0) is 68.5 Å². The molecule has 1 N–H and O–H groups in total. The first-order valence-corrected chi connectivity index (χ1v) is 11.6. The van der Waals surface area contributed by atoms with Crippen LogP contribution in [0.1, 0.15) is 62.7 Å². The standard InChI is InChI=1S/C22H31NO4S/c24-13-4-10-23-11-8-21(9-12-23)15-18(16-21)27-20(25)22(26,17-5-1-2-6-17)19-7-3-14-28-19/h3,7,13-14,17-18,26H,1-2,4-6,8-12,15-16H2. The zero-order valence-corrected chi connectivity index (χ0v) is 17.3. The molecule has 0 aromatic carbocycles. The van der Waals surface area contributed by atoms with Crippen LogP contribution in [0.5, 0.6) is 0 Å². The number of piperidine rings is 1. The van der Waals surface area contributed by atoms with Crippen LogP contribution in [0.2, 0.25) is 0 Å². The molecule has 4 rings (SSSR count). The summed E-state index contributed by atoms with van der Waals surface area (Å²) >= 11 is 1.44. The molecule has 6 heteroatoms. The summed E-state index contributed by atoms with van der Waals surface area (Å²) in [7, 11) is 0. The monoisotopic (exact) mass is 405 g/mol. The number of hydrogen-bond acceptors (Lipinski definition) is 6. The number of hydrogen-bond donors (Lipinski definition) is 1. The number of carbonyl (C=O) groups excluding carboxylic acids is 2. The lowest BCUT2D eigenvalue weighted by Gasteiger charge is -2.52. The van der Waals surface area contributed by atoms with Crippen molar-refractivity contribution >= 4 is 23.6 Å². The van der Waals surface area contributed by atoms with Crippen LogP contribution in [-0.2, 0) is 19.9 Å². The number of thiophene rings is 1. The highest BCUT2D eigenvalue weighted by Crippen LogP contribution is 2.51. The van der Waals surface area contributed by atoms with E-state index in [1.165, 1.54) is 11.3 Å². The molecule has 1 aromatic heterocycles. The van der Waals surface area contributed by atoms with Crippen LogP contribution < -0.4 is 0 Å². The Morgan fingerprint density at radius 3 is 2.64 bits per heavy atom. The molecule has 1 unspecified atom stereocenters. The van der Waals surface area contributed by atoms with Gasteiger partial charge in [-0.15, -0.1) is 11.3 Å². The fourth-order valence-electron chi connectivity index (χ4n) is 5.43. The largest absolute Gasteiger partial charge is 0.460 e. The van der Waals surface area contributed by atoms with Gasteiger partial charge in [0.2, 0.25) is 0 Å². The first-order valence-electron chi connectivity index (χ1n) is 10.7. The molecule has 1 atom stereocenters. The highest BCUT2D eigenvalue weighted by atomic mass is 32.1. The maximum absolute atomic E-state index is 13.1. The molecule has 3 aliphatic rings. The Hall–Kier alpha value is -1.24. The van der Waals surface area contributed by atoms with Crippen LogP contribution in [0.4, 0.5) is 0 Å². The van der Waals surface area contributed by atoms with E-state index in [0.29, 0.717) is 6.42 Å². The van der Waals surface area contributed by atoms with Crippen LogP contribution in [0.25, 0.3) is 0 Å². The zero-order valence-electron chi connectivity index (χ0n) is 16.5. The number of carbonyl (C=O) groups is 2. The van der Waals surface area contributed by atoms with Gasteiger partial charge in [0.1, 0.15) is 12.4 Å². The highest BCUT2D eigenvalue weighted by molar-refractivity contribution is 7.10. The quantitative estimate of drug-likeness (QED) is 0.555. The third-order valence-electron chi connectivity index (χ3n) is 7.23. The molecule has 3 fully saturated rings. The minimum atomic E-state index is -1.48. The predicted octanol–water partition coefficient (Wildman–Crippen LogP) is 3.50. The van der Waals surface area contributed by atoms with Crippen molar-refractivity contribution in [1.29, 1.82) is 0 Å². The summed E-state index contributed by atoms with van der Waals surface area (Å²) in [6, 6.07) is 3.76. The second-order valence-corrected chi connectivity index (χ2v) is 9.91. The fraction of sp³-hybridized carbons (Fsp3) is 0.727. The van der Waals surface area contributed by atoms with E-state index in [0.717, 1.165) is 82.2 Å². The van der Waals surface area contributed by atoms with Crippen molar-refractivity contribution in [3.05, 3.63) is 22.4 Å². The van der Waals surface area contributed by atoms with Crippen LogP contribution in [0, 0.1) is 11.3 Å². The van der Waals surface area contributed by atoms with E-state index < -0.39 is 11.6 Å². The summed E-state index contributed by atoms with van der Waals surface area (Å²) in [6.07, 6.45) is 9.47. The van der Waals surface area contributed by atoms with Crippen LogP contribution in [-0.4, -0.2) is 48.0 Å². The molecule has 0 bridgehead atoms. The molecule has 154 valence electrons. The SMILES string of the molecule is O=CCCN1CCC2(CC1)CC(OC(=O)C(O)(c1cccs1)C1CCCC1)C2. The van der Waals surface area contributed by atoms with Gasteiger partial charge >= 0.3 is 5.97 Å². The van der Waals surface area contributed by atoms with Crippen molar-refractivity contribution in [3.63, 3.8) is 0 Å². The van der Waals surface area contributed by atoms with Gasteiger partial charge in [0.15, 0.2) is 5.60 Å². The third kappa shape index (κ3) is 3.79. The first-order chi connectivity index (χ1) is 13.6. The molecule has 28 heavy (non-hydrogen) atoms. The van der Waals surface area contributed by atoms with E-state index in [-0.39, 0.29) is 17.4 Å². The Kier molecular flexibility index (Phi) is 5.91. The van der Waals surface area contributed by atoms with Crippen molar-refractivity contribution in [3.8, 4) is 0 Å². The number of rotatable bonds is 7. The van der Waals surface area contributed by atoms with E-state index in [1.807, 2.05) is 17.5 Å². The van der Waals surface area contributed by atoms with Crippen molar-refractivity contribution in [2.24, 2.45) is 11.3 Å². The summed E-state index contributed by atoms with van der Waals surface area (Å²) in [4.78, 5) is 26.7. The van der Waals surface area contributed by atoms with Crippen LogP contribution >= 0.6 is 11.3 Å². The lowest BCUT2D eigenvalue weighted by Crippen LogP contribution is -2.52. The maximum atomic E-state index is 13.1. The van der Waals surface area contributed by atoms with Crippen molar-refractivity contribution in [2.75, 3.05) is 19.6 Å². The van der Waals surface area contributed by atoms with Crippen molar-refractivity contribution in [1.82, 2.24) is 4.90 Å². The number of aliphatic hydroxyl groups is 1. The van der Waals surface area contributed by atoms with Gasteiger partial charge in [-0.3, -0.25) is 0 Å². The van der Waals surface area contributed by atoms with Crippen molar-refractivity contribution < 1.29 is 19.4 Å². The third-order valence-corrected chi connectivity index (χ3v) is 8.22. The van der Waals surface area contributed by atoms with E-state index in [2.05, 4.69) is 4.90 Å². The average molecular weight is 406 g/mol. The second-order valence-electron chi connectivity index (χ2n) is 8.96. The molecule has 2 heterocycles. The highest BCUT2D eigenvalue weighted by Gasteiger charge is 2.52. The molecule has 1 spiro atoms. The van der Waals surface area contributed by atoms with Gasteiger partial charge in [0.25, 0.3) is 0 Å². The summed E-state index contributed by atoms with van der Waals surface area (Å²) < 4.78 is 5.86. The zero-order chi connectivity index (χ0) is 19.6. The van der Waals surface area contributed by atoms with Gasteiger partial charge in [0, 0.05) is 23.8 Å².